The van der Waals surface area contributed by atoms with Crippen LogP contribution in [0.5, 0.6) is 0 Å². The number of H-pyrrole nitrogens is 1. The van der Waals surface area contributed by atoms with Crippen molar-refractivity contribution in [3.63, 3.8) is 0 Å². The monoisotopic (exact) mass is 234 g/mol. The lowest BCUT2D eigenvalue weighted by Crippen LogP contribution is -2.35. The Kier molecular flexibility index (Phi) is 2.82. The van der Waals surface area contributed by atoms with E-state index in [1.54, 1.807) is 6.07 Å². The summed E-state index contributed by atoms with van der Waals surface area (Å²) in [6.07, 6.45) is 1.91. The summed E-state index contributed by atoms with van der Waals surface area (Å²) in [6, 6.07) is 5.20. The van der Waals surface area contributed by atoms with Gasteiger partial charge >= 0.3 is 0 Å². The molecule has 1 aromatic heterocycles. The molecule has 0 radical (unpaired) electrons. The Morgan fingerprint density at radius 1 is 1.29 bits per heavy atom. The van der Waals surface area contributed by atoms with Crippen LogP contribution < -0.4 is 0 Å². The summed E-state index contributed by atoms with van der Waals surface area (Å²) in [7, 11) is 0. The molecule has 1 aromatic carbocycles. The van der Waals surface area contributed by atoms with Crippen LogP contribution in [0.15, 0.2) is 24.4 Å². The molecule has 1 N–H and O–H groups in total. The Labute approximate surface area is 99.2 Å². The first-order valence-electron chi connectivity index (χ1n) is 5.89. The third-order valence-corrected chi connectivity index (χ3v) is 3.25. The molecular formula is C13H15FN2O. The number of aromatic nitrogens is 1. The molecule has 1 fully saturated rings. The third-order valence-electron chi connectivity index (χ3n) is 3.25. The lowest BCUT2D eigenvalue weighted by molar-refractivity contribution is 0.0343. The molecule has 1 aliphatic rings. The zero-order valence-electron chi connectivity index (χ0n) is 9.58. The van der Waals surface area contributed by atoms with E-state index in [1.165, 1.54) is 6.07 Å². The van der Waals surface area contributed by atoms with Gasteiger partial charge in [0.1, 0.15) is 5.82 Å². The van der Waals surface area contributed by atoms with E-state index in [4.69, 9.17) is 4.74 Å². The van der Waals surface area contributed by atoms with E-state index >= 15 is 0 Å². The Morgan fingerprint density at radius 3 is 2.94 bits per heavy atom. The highest BCUT2D eigenvalue weighted by Gasteiger charge is 2.13. The minimum atomic E-state index is -0.185. The molecular weight excluding hydrogens is 219 g/mol. The first-order chi connectivity index (χ1) is 8.34. The summed E-state index contributed by atoms with van der Waals surface area (Å²) in [5.41, 5.74) is 1.76. The number of morpholine rings is 1. The van der Waals surface area contributed by atoms with Crippen LogP contribution in [0, 0.1) is 5.82 Å². The molecule has 1 saturated heterocycles. The predicted octanol–water partition coefficient (Wildman–Crippen LogP) is 2.14. The summed E-state index contributed by atoms with van der Waals surface area (Å²) in [4.78, 5) is 5.34. The number of ether oxygens (including phenoxy) is 1. The number of fused-ring (bicyclic) bond motifs is 1. The fourth-order valence-corrected chi connectivity index (χ4v) is 2.31. The van der Waals surface area contributed by atoms with Gasteiger partial charge in [-0.3, -0.25) is 4.90 Å². The van der Waals surface area contributed by atoms with Crippen LogP contribution in [0.1, 0.15) is 5.56 Å². The SMILES string of the molecule is Fc1cccc2c(CN3CCOCC3)c[nH]c12. The van der Waals surface area contributed by atoms with Crippen molar-refractivity contribution < 1.29 is 9.13 Å². The van der Waals surface area contributed by atoms with E-state index in [-0.39, 0.29) is 5.82 Å². The first-order valence-corrected chi connectivity index (χ1v) is 5.89. The Morgan fingerprint density at radius 2 is 2.12 bits per heavy atom. The number of hydrogen-bond acceptors (Lipinski definition) is 2. The Balaban J connectivity index is 1.87. The van der Waals surface area contributed by atoms with E-state index in [0.29, 0.717) is 5.52 Å². The van der Waals surface area contributed by atoms with Crippen molar-refractivity contribution in [2.45, 2.75) is 6.54 Å². The van der Waals surface area contributed by atoms with Crippen LogP contribution in [0.25, 0.3) is 10.9 Å². The van der Waals surface area contributed by atoms with Gasteiger partial charge in [0.05, 0.1) is 18.7 Å². The third kappa shape index (κ3) is 2.06. The number of nitrogens with one attached hydrogen (secondary N) is 1. The molecule has 0 bridgehead atoms. The topological polar surface area (TPSA) is 28.3 Å². The fraction of sp³-hybridized carbons (Fsp3) is 0.385. The van der Waals surface area contributed by atoms with Crippen LogP contribution >= 0.6 is 0 Å². The van der Waals surface area contributed by atoms with Crippen molar-refractivity contribution in [1.29, 1.82) is 0 Å². The van der Waals surface area contributed by atoms with E-state index < -0.39 is 0 Å². The number of para-hydroxylation sites is 1. The number of benzene rings is 1. The van der Waals surface area contributed by atoms with Gasteiger partial charge in [0.25, 0.3) is 0 Å². The molecule has 3 nitrogen and oxygen atoms in total. The zero-order valence-corrected chi connectivity index (χ0v) is 9.58. The molecule has 90 valence electrons. The molecule has 0 aliphatic carbocycles. The molecule has 1 aliphatic heterocycles. The second-order valence-corrected chi connectivity index (χ2v) is 4.36. The van der Waals surface area contributed by atoms with Crippen molar-refractivity contribution in [3.05, 3.63) is 35.8 Å². The highest BCUT2D eigenvalue weighted by molar-refractivity contribution is 5.83. The van der Waals surface area contributed by atoms with Gasteiger partial charge in [-0.15, -0.1) is 0 Å². The lowest BCUT2D eigenvalue weighted by Gasteiger charge is -2.26. The summed E-state index contributed by atoms with van der Waals surface area (Å²) in [5.74, 6) is -0.185. The smallest absolute Gasteiger partial charge is 0.147 e. The van der Waals surface area contributed by atoms with Gasteiger partial charge in [0.2, 0.25) is 0 Å². The van der Waals surface area contributed by atoms with E-state index in [1.807, 2.05) is 12.3 Å². The summed E-state index contributed by atoms with van der Waals surface area (Å²) < 4.78 is 18.8. The normalized spacial score (nSPS) is 17.7. The summed E-state index contributed by atoms with van der Waals surface area (Å²) in [6.45, 7) is 4.32. The number of hydrogen-bond donors (Lipinski definition) is 1. The Bertz CT molecular complexity index is 517. The van der Waals surface area contributed by atoms with Crippen LogP contribution in [0.3, 0.4) is 0 Å². The zero-order chi connectivity index (χ0) is 11.7. The van der Waals surface area contributed by atoms with Crippen LogP contribution in [0.4, 0.5) is 4.39 Å². The standard InChI is InChI=1S/C13H15FN2O/c14-12-3-1-2-11-10(8-15-13(11)12)9-16-4-6-17-7-5-16/h1-3,8,15H,4-7,9H2. The Hall–Kier alpha value is -1.39. The molecule has 0 atom stereocenters. The number of aromatic amines is 1. The minimum Gasteiger partial charge on any atom is -0.379 e. The molecule has 17 heavy (non-hydrogen) atoms. The second-order valence-electron chi connectivity index (χ2n) is 4.36. The largest absolute Gasteiger partial charge is 0.379 e. The summed E-state index contributed by atoms with van der Waals surface area (Å²) >= 11 is 0. The second kappa shape index (κ2) is 4.47. The van der Waals surface area contributed by atoms with Gasteiger partial charge < -0.3 is 9.72 Å². The van der Waals surface area contributed by atoms with Gasteiger partial charge in [-0.25, -0.2) is 4.39 Å². The van der Waals surface area contributed by atoms with Crippen molar-refractivity contribution >= 4 is 10.9 Å². The maximum absolute atomic E-state index is 13.5. The molecule has 4 heteroatoms. The van der Waals surface area contributed by atoms with Crippen LogP contribution in [-0.2, 0) is 11.3 Å². The quantitative estimate of drug-likeness (QED) is 0.862. The average Bonchev–Trinajstić information content (AvgIpc) is 2.76. The number of halogens is 1. The van der Waals surface area contributed by atoms with Crippen LogP contribution in [0.2, 0.25) is 0 Å². The van der Waals surface area contributed by atoms with Gasteiger partial charge in [0.15, 0.2) is 0 Å². The fourth-order valence-electron chi connectivity index (χ4n) is 2.31. The van der Waals surface area contributed by atoms with E-state index in [2.05, 4.69) is 9.88 Å². The molecule has 2 aromatic rings. The number of nitrogens with zero attached hydrogens (tertiary/aromatic N) is 1. The molecule has 0 saturated carbocycles. The predicted molar refractivity (Wildman–Crippen MR) is 64.4 cm³/mol. The molecule has 0 unspecified atom stereocenters. The van der Waals surface area contributed by atoms with E-state index in [0.717, 1.165) is 43.8 Å². The van der Waals surface area contributed by atoms with Crippen LogP contribution in [-0.4, -0.2) is 36.2 Å². The maximum atomic E-state index is 13.5. The first kappa shape index (κ1) is 10.7. The minimum absolute atomic E-state index is 0.185. The van der Waals surface area contributed by atoms with Crippen molar-refractivity contribution in [2.24, 2.45) is 0 Å². The van der Waals surface area contributed by atoms with Gasteiger partial charge in [-0.2, -0.15) is 0 Å². The van der Waals surface area contributed by atoms with Crippen molar-refractivity contribution in [1.82, 2.24) is 9.88 Å². The van der Waals surface area contributed by atoms with Gasteiger partial charge in [-0.05, 0) is 11.6 Å². The lowest BCUT2D eigenvalue weighted by atomic mass is 10.1. The molecule has 2 heterocycles. The summed E-state index contributed by atoms with van der Waals surface area (Å²) in [5, 5.41) is 0.983. The highest BCUT2D eigenvalue weighted by Crippen LogP contribution is 2.22. The van der Waals surface area contributed by atoms with Gasteiger partial charge in [0, 0.05) is 31.2 Å². The average molecular weight is 234 g/mol. The van der Waals surface area contributed by atoms with Gasteiger partial charge in [-0.1, -0.05) is 12.1 Å². The van der Waals surface area contributed by atoms with E-state index in [9.17, 15) is 4.39 Å². The molecule has 0 amide bonds. The molecule has 0 spiro atoms. The molecule has 3 rings (SSSR count). The number of rotatable bonds is 2. The maximum Gasteiger partial charge on any atom is 0.147 e. The highest BCUT2D eigenvalue weighted by atomic mass is 19.1. The van der Waals surface area contributed by atoms with Crippen molar-refractivity contribution in [2.75, 3.05) is 26.3 Å². The van der Waals surface area contributed by atoms with Crippen molar-refractivity contribution in [3.8, 4) is 0 Å².